The highest BCUT2D eigenvalue weighted by Gasteiger charge is 2.38. The molecule has 0 aliphatic heterocycles. The van der Waals surface area contributed by atoms with Crippen molar-refractivity contribution in [2.24, 2.45) is 35.5 Å². The van der Waals surface area contributed by atoms with E-state index in [4.69, 9.17) is 9.47 Å². The van der Waals surface area contributed by atoms with Crippen LogP contribution in [0.5, 0.6) is 11.5 Å². The maximum Gasteiger partial charge on any atom is 0.204 e. The summed E-state index contributed by atoms with van der Waals surface area (Å²) in [5.41, 5.74) is 0. The molecule has 3 saturated carbocycles. The first-order chi connectivity index (χ1) is 15.6. The summed E-state index contributed by atoms with van der Waals surface area (Å²) in [7, 11) is 0. The fourth-order valence-electron chi connectivity index (χ4n) is 6.78. The van der Waals surface area contributed by atoms with E-state index < -0.39 is 11.6 Å². The highest BCUT2D eigenvalue weighted by atomic mass is 19.2. The molecule has 4 atom stereocenters. The van der Waals surface area contributed by atoms with Gasteiger partial charge in [-0.2, -0.15) is 8.78 Å². The second-order valence-electron chi connectivity index (χ2n) is 10.4. The van der Waals surface area contributed by atoms with Gasteiger partial charge in [0.25, 0.3) is 0 Å². The Morgan fingerprint density at radius 1 is 0.781 bits per heavy atom. The Bertz CT molecular complexity index is 769. The minimum absolute atomic E-state index is 0.00491. The molecule has 0 spiro atoms. The number of fused-ring (bicyclic) bond motifs is 1. The lowest BCUT2D eigenvalue weighted by Crippen LogP contribution is -2.35. The fraction of sp³-hybridized carbons (Fsp3) is 0.714. The second kappa shape index (κ2) is 11.0. The quantitative estimate of drug-likeness (QED) is 0.396. The van der Waals surface area contributed by atoms with Gasteiger partial charge in [0, 0.05) is 0 Å². The minimum Gasteiger partial charge on any atom is -0.491 e. The van der Waals surface area contributed by atoms with Crippen LogP contribution < -0.4 is 9.47 Å². The van der Waals surface area contributed by atoms with Crippen molar-refractivity contribution >= 4 is 0 Å². The predicted molar refractivity (Wildman–Crippen MR) is 125 cm³/mol. The Kier molecular flexibility index (Phi) is 8.12. The average Bonchev–Trinajstić information content (AvgIpc) is 2.82. The zero-order valence-corrected chi connectivity index (χ0v) is 19.8. The van der Waals surface area contributed by atoms with Gasteiger partial charge in [-0.1, -0.05) is 12.2 Å². The summed E-state index contributed by atoms with van der Waals surface area (Å²) in [4.78, 5) is 0. The summed E-state index contributed by atoms with van der Waals surface area (Å²) in [6.07, 6.45) is 17.9. The van der Waals surface area contributed by atoms with Crippen LogP contribution in [0.25, 0.3) is 0 Å². The van der Waals surface area contributed by atoms with E-state index in [9.17, 15) is 8.78 Å². The van der Waals surface area contributed by atoms with Gasteiger partial charge >= 0.3 is 0 Å². The van der Waals surface area contributed by atoms with Crippen molar-refractivity contribution in [3.05, 3.63) is 35.9 Å². The highest BCUT2D eigenvalue weighted by Crippen LogP contribution is 2.49. The van der Waals surface area contributed by atoms with E-state index in [1.54, 1.807) is 6.92 Å². The number of ether oxygens (including phenoxy) is 2. The molecular formula is C28H40F2O2. The van der Waals surface area contributed by atoms with Crippen molar-refractivity contribution in [3.8, 4) is 11.5 Å². The maximum atomic E-state index is 14.3. The Hall–Kier alpha value is -1.58. The molecule has 0 bridgehead atoms. The standard InChI is InChI=1S/C28H40F2O2/c1-3-5-19-6-9-21(10-7-19)23-13-12-22-16-20(8-11-24(22)17-23)18-32-26-15-14-25(31-4-2)27(29)28(26)30/h3,5,14-15,19-24H,4,6-13,16-18H2,1-2H3. The fourth-order valence-corrected chi connectivity index (χ4v) is 6.78. The van der Waals surface area contributed by atoms with Crippen LogP contribution in [0.15, 0.2) is 24.3 Å². The zero-order chi connectivity index (χ0) is 22.5. The molecule has 4 unspecified atom stereocenters. The highest BCUT2D eigenvalue weighted by molar-refractivity contribution is 5.35. The molecule has 0 amide bonds. The van der Waals surface area contributed by atoms with E-state index in [1.165, 1.54) is 69.9 Å². The molecule has 4 rings (SSSR count). The van der Waals surface area contributed by atoms with Crippen LogP contribution in [0.1, 0.15) is 78.1 Å². The van der Waals surface area contributed by atoms with Gasteiger partial charge in [-0.3, -0.25) is 0 Å². The van der Waals surface area contributed by atoms with Gasteiger partial charge in [-0.15, -0.1) is 0 Å². The number of rotatable bonds is 7. The number of allylic oxidation sites excluding steroid dienone is 2. The Morgan fingerprint density at radius 3 is 2.00 bits per heavy atom. The van der Waals surface area contributed by atoms with Crippen molar-refractivity contribution in [1.29, 1.82) is 0 Å². The summed E-state index contributed by atoms with van der Waals surface area (Å²) >= 11 is 0. The number of halogens is 2. The van der Waals surface area contributed by atoms with Crippen molar-refractivity contribution in [3.63, 3.8) is 0 Å². The molecule has 0 saturated heterocycles. The average molecular weight is 447 g/mol. The molecule has 3 aliphatic rings. The van der Waals surface area contributed by atoms with Gasteiger partial charge in [0.05, 0.1) is 13.2 Å². The molecule has 0 radical (unpaired) electrons. The first kappa shape index (κ1) is 23.6. The molecule has 178 valence electrons. The van der Waals surface area contributed by atoms with Gasteiger partial charge in [0.2, 0.25) is 11.6 Å². The lowest BCUT2D eigenvalue weighted by Gasteiger charge is -2.45. The first-order valence-corrected chi connectivity index (χ1v) is 12.9. The maximum absolute atomic E-state index is 14.3. The van der Waals surface area contributed by atoms with Crippen LogP contribution in [0.2, 0.25) is 0 Å². The number of hydrogen-bond acceptors (Lipinski definition) is 2. The summed E-state index contributed by atoms with van der Waals surface area (Å²) in [6.45, 7) is 4.67. The molecule has 0 N–H and O–H groups in total. The SMILES string of the molecule is CC=CC1CCC(C2CCC3CC(COc4ccc(OCC)c(F)c4F)CCC3C2)CC1. The van der Waals surface area contributed by atoms with Gasteiger partial charge in [0.1, 0.15) is 0 Å². The summed E-state index contributed by atoms with van der Waals surface area (Å²) in [5.74, 6) is 2.84. The molecule has 1 aromatic rings. The van der Waals surface area contributed by atoms with Crippen LogP contribution in [0, 0.1) is 47.1 Å². The van der Waals surface area contributed by atoms with E-state index in [1.807, 2.05) is 0 Å². The van der Waals surface area contributed by atoms with Gasteiger partial charge in [-0.05, 0) is 126 Å². The molecule has 2 nitrogen and oxygen atoms in total. The molecule has 1 aromatic carbocycles. The second-order valence-corrected chi connectivity index (χ2v) is 10.4. The van der Waals surface area contributed by atoms with Gasteiger partial charge in [-0.25, -0.2) is 0 Å². The number of hydrogen-bond donors (Lipinski definition) is 0. The van der Waals surface area contributed by atoms with E-state index in [0.29, 0.717) is 19.1 Å². The topological polar surface area (TPSA) is 18.5 Å². The summed E-state index contributed by atoms with van der Waals surface area (Å²) < 4.78 is 39.3. The molecule has 0 heterocycles. The minimum atomic E-state index is -0.953. The van der Waals surface area contributed by atoms with Crippen LogP contribution in [-0.2, 0) is 0 Å². The molecule has 4 heteroatoms. The Morgan fingerprint density at radius 2 is 1.34 bits per heavy atom. The largest absolute Gasteiger partial charge is 0.491 e. The van der Waals surface area contributed by atoms with E-state index in [-0.39, 0.29) is 11.5 Å². The van der Waals surface area contributed by atoms with Crippen LogP contribution in [0.4, 0.5) is 8.78 Å². The van der Waals surface area contributed by atoms with Crippen LogP contribution in [0.3, 0.4) is 0 Å². The summed E-state index contributed by atoms with van der Waals surface area (Å²) in [5, 5.41) is 0. The predicted octanol–water partition coefficient (Wildman–Crippen LogP) is 7.96. The lowest BCUT2D eigenvalue weighted by molar-refractivity contribution is 0.0499. The van der Waals surface area contributed by atoms with Crippen LogP contribution in [-0.4, -0.2) is 13.2 Å². The Balaban J connectivity index is 1.24. The number of benzene rings is 1. The third-order valence-electron chi connectivity index (χ3n) is 8.50. The Labute approximate surface area is 192 Å². The van der Waals surface area contributed by atoms with Crippen molar-refractivity contribution < 1.29 is 18.3 Å². The van der Waals surface area contributed by atoms with E-state index >= 15 is 0 Å². The monoisotopic (exact) mass is 446 g/mol. The molecule has 0 aromatic heterocycles. The van der Waals surface area contributed by atoms with Crippen molar-refractivity contribution in [2.45, 2.75) is 78.1 Å². The van der Waals surface area contributed by atoms with Crippen LogP contribution >= 0.6 is 0 Å². The normalized spacial score (nSPS) is 33.1. The molecule has 3 fully saturated rings. The van der Waals surface area contributed by atoms with Gasteiger partial charge in [0.15, 0.2) is 11.5 Å². The van der Waals surface area contributed by atoms with E-state index in [0.717, 1.165) is 36.0 Å². The lowest BCUT2D eigenvalue weighted by atomic mass is 9.61. The first-order valence-electron chi connectivity index (χ1n) is 12.9. The van der Waals surface area contributed by atoms with Crippen molar-refractivity contribution in [1.82, 2.24) is 0 Å². The third-order valence-corrected chi connectivity index (χ3v) is 8.50. The summed E-state index contributed by atoms with van der Waals surface area (Å²) in [6, 6.07) is 2.95. The van der Waals surface area contributed by atoms with Gasteiger partial charge < -0.3 is 9.47 Å². The molecular weight excluding hydrogens is 406 g/mol. The zero-order valence-electron chi connectivity index (χ0n) is 19.8. The molecule has 3 aliphatic carbocycles. The third kappa shape index (κ3) is 5.48. The molecule has 32 heavy (non-hydrogen) atoms. The smallest absolute Gasteiger partial charge is 0.204 e. The van der Waals surface area contributed by atoms with Crippen molar-refractivity contribution in [2.75, 3.05) is 13.2 Å². The van der Waals surface area contributed by atoms with E-state index in [2.05, 4.69) is 19.1 Å².